The molecule has 30 heavy (non-hydrogen) atoms. The van der Waals surface area contributed by atoms with Gasteiger partial charge in [-0.3, -0.25) is 9.48 Å². The number of amides is 1. The molecule has 2 heterocycles. The van der Waals surface area contributed by atoms with Gasteiger partial charge in [-0.1, -0.05) is 30.3 Å². The molecule has 10 heteroatoms. The number of carbonyl (C=O) groups is 2. The minimum absolute atomic E-state index is 0.195. The van der Waals surface area contributed by atoms with Crippen LogP contribution < -0.4 is 16.4 Å². The van der Waals surface area contributed by atoms with Crippen molar-refractivity contribution < 1.29 is 14.3 Å². The first-order chi connectivity index (χ1) is 14.4. The van der Waals surface area contributed by atoms with E-state index in [1.54, 1.807) is 13.0 Å². The predicted molar refractivity (Wildman–Crippen MR) is 122 cm³/mol. The van der Waals surface area contributed by atoms with Crippen LogP contribution in [0.2, 0.25) is 0 Å². The Morgan fingerprint density at radius 1 is 1.23 bits per heavy atom. The zero-order valence-corrected chi connectivity index (χ0v) is 18.1. The fraction of sp³-hybridized carbons (Fsp3) is 0.200. The van der Waals surface area contributed by atoms with Crippen LogP contribution in [-0.2, 0) is 11.3 Å². The van der Waals surface area contributed by atoms with E-state index in [1.807, 2.05) is 37.3 Å². The number of nitrogens with one attached hydrogen (secondary N) is 2. The molecule has 8 nitrogen and oxygen atoms in total. The number of aromatic nitrogens is 2. The number of anilines is 2. The second kappa shape index (κ2) is 9.51. The number of thiophene rings is 1. The van der Waals surface area contributed by atoms with Crippen LogP contribution in [0.5, 0.6) is 0 Å². The standard InChI is InChI=1S/C20H21N5O3S2/c1-3-25-16(17(21)26)14(11-22-25)23-20(29)24-18-13(19(27)28-4-2)10-15(30-18)12-8-6-5-7-9-12/h5-11H,3-4H2,1-2H3,(H2,21,26)(H2,23,24,29). The summed E-state index contributed by atoms with van der Waals surface area (Å²) in [5.74, 6) is -1.06. The van der Waals surface area contributed by atoms with Gasteiger partial charge in [0, 0.05) is 11.4 Å². The lowest BCUT2D eigenvalue weighted by Gasteiger charge is -2.11. The van der Waals surface area contributed by atoms with Crippen molar-refractivity contribution in [3.8, 4) is 10.4 Å². The fourth-order valence-electron chi connectivity index (χ4n) is 2.82. The lowest BCUT2D eigenvalue weighted by atomic mass is 10.1. The summed E-state index contributed by atoms with van der Waals surface area (Å²) in [5, 5.41) is 10.8. The molecule has 1 aromatic carbocycles. The second-order valence-electron chi connectivity index (χ2n) is 6.11. The number of nitrogens with two attached hydrogens (primary N) is 1. The number of thiocarbonyl (C=S) groups is 1. The summed E-state index contributed by atoms with van der Waals surface area (Å²) >= 11 is 6.76. The molecule has 0 unspecified atom stereocenters. The van der Waals surface area contributed by atoms with Crippen LogP contribution >= 0.6 is 23.6 Å². The van der Waals surface area contributed by atoms with Gasteiger partial charge in [0.05, 0.1) is 24.1 Å². The quantitative estimate of drug-likeness (QED) is 0.377. The molecule has 0 aliphatic carbocycles. The van der Waals surface area contributed by atoms with Gasteiger partial charge in [0.1, 0.15) is 10.7 Å². The molecular weight excluding hydrogens is 422 g/mol. The minimum Gasteiger partial charge on any atom is -0.462 e. The van der Waals surface area contributed by atoms with E-state index >= 15 is 0 Å². The first-order valence-electron chi connectivity index (χ1n) is 9.24. The zero-order chi connectivity index (χ0) is 21.7. The summed E-state index contributed by atoms with van der Waals surface area (Å²) in [6.45, 7) is 4.34. The Morgan fingerprint density at radius 2 is 1.97 bits per heavy atom. The van der Waals surface area contributed by atoms with E-state index in [1.165, 1.54) is 22.2 Å². The molecule has 2 aromatic heterocycles. The fourth-order valence-corrected chi connectivity index (χ4v) is 4.15. The van der Waals surface area contributed by atoms with Crippen LogP contribution in [0.3, 0.4) is 0 Å². The maximum atomic E-state index is 12.4. The Hall–Kier alpha value is -3.24. The summed E-state index contributed by atoms with van der Waals surface area (Å²) in [6, 6.07) is 11.5. The molecule has 1 amide bonds. The smallest absolute Gasteiger partial charge is 0.341 e. The van der Waals surface area contributed by atoms with E-state index in [0.717, 1.165) is 10.4 Å². The highest BCUT2D eigenvalue weighted by Crippen LogP contribution is 2.36. The Kier molecular flexibility index (Phi) is 6.80. The van der Waals surface area contributed by atoms with Crippen LogP contribution in [0.15, 0.2) is 42.6 Å². The molecule has 0 spiro atoms. The molecular formula is C20H21N5O3S2. The molecule has 0 bridgehead atoms. The number of nitrogens with zero attached hydrogens (tertiary/aromatic N) is 2. The van der Waals surface area contributed by atoms with Crippen molar-refractivity contribution in [1.29, 1.82) is 0 Å². The lowest BCUT2D eigenvalue weighted by molar-refractivity contribution is 0.0528. The molecule has 0 aliphatic heterocycles. The third-order valence-corrected chi connectivity index (χ3v) is 5.44. The molecule has 4 N–H and O–H groups in total. The molecule has 0 aliphatic rings. The van der Waals surface area contributed by atoms with Gasteiger partial charge in [0.2, 0.25) is 0 Å². The molecule has 0 radical (unpaired) electrons. The van der Waals surface area contributed by atoms with Crippen molar-refractivity contribution in [2.45, 2.75) is 20.4 Å². The number of rotatable bonds is 7. The van der Waals surface area contributed by atoms with Gasteiger partial charge >= 0.3 is 5.97 Å². The topological polar surface area (TPSA) is 111 Å². The predicted octanol–water partition coefficient (Wildman–Crippen LogP) is 3.72. The number of carbonyl (C=O) groups excluding carboxylic acids is 2. The van der Waals surface area contributed by atoms with Gasteiger partial charge < -0.3 is 21.1 Å². The maximum absolute atomic E-state index is 12.4. The molecule has 0 saturated carbocycles. The van der Waals surface area contributed by atoms with E-state index in [0.29, 0.717) is 22.8 Å². The molecule has 0 atom stereocenters. The van der Waals surface area contributed by atoms with Crippen LogP contribution in [-0.4, -0.2) is 33.4 Å². The monoisotopic (exact) mass is 443 g/mol. The Labute approximate surface area is 183 Å². The van der Waals surface area contributed by atoms with Crippen LogP contribution in [0.4, 0.5) is 10.7 Å². The number of hydrogen-bond donors (Lipinski definition) is 3. The number of primary amides is 1. The minimum atomic E-state index is -0.616. The van der Waals surface area contributed by atoms with Crippen molar-refractivity contribution in [3.63, 3.8) is 0 Å². The van der Waals surface area contributed by atoms with Gasteiger partial charge in [-0.05, 0) is 37.7 Å². The van der Waals surface area contributed by atoms with E-state index in [-0.39, 0.29) is 17.4 Å². The number of ether oxygens (including phenoxy) is 1. The highest BCUT2D eigenvalue weighted by molar-refractivity contribution is 7.80. The van der Waals surface area contributed by atoms with Crippen LogP contribution in [0, 0.1) is 0 Å². The molecule has 0 fully saturated rings. The van der Waals surface area contributed by atoms with E-state index < -0.39 is 11.9 Å². The van der Waals surface area contributed by atoms with Gasteiger partial charge in [-0.2, -0.15) is 5.10 Å². The molecule has 3 aromatic rings. The largest absolute Gasteiger partial charge is 0.462 e. The molecule has 156 valence electrons. The van der Waals surface area contributed by atoms with Gasteiger partial charge in [-0.15, -0.1) is 11.3 Å². The molecule has 3 rings (SSSR count). The van der Waals surface area contributed by atoms with Gasteiger partial charge in [0.15, 0.2) is 5.11 Å². The number of aryl methyl sites for hydroxylation is 1. The average molecular weight is 444 g/mol. The number of hydrogen-bond acceptors (Lipinski definition) is 6. The van der Waals surface area contributed by atoms with Crippen molar-refractivity contribution >= 4 is 51.2 Å². The molecule has 0 saturated heterocycles. The van der Waals surface area contributed by atoms with Crippen molar-refractivity contribution in [2.24, 2.45) is 5.73 Å². The summed E-state index contributed by atoms with van der Waals surface area (Å²) < 4.78 is 6.66. The Balaban J connectivity index is 1.87. The van der Waals surface area contributed by atoms with Crippen molar-refractivity contribution in [2.75, 3.05) is 17.2 Å². The maximum Gasteiger partial charge on any atom is 0.341 e. The third kappa shape index (κ3) is 4.66. The third-order valence-electron chi connectivity index (χ3n) is 4.13. The normalized spacial score (nSPS) is 10.5. The zero-order valence-electron chi connectivity index (χ0n) is 16.5. The van der Waals surface area contributed by atoms with Crippen molar-refractivity contribution in [1.82, 2.24) is 9.78 Å². The summed E-state index contributed by atoms with van der Waals surface area (Å²) in [7, 11) is 0. The van der Waals surface area contributed by atoms with E-state index in [9.17, 15) is 9.59 Å². The summed E-state index contributed by atoms with van der Waals surface area (Å²) in [4.78, 5) is 25.1. The number of esters is 1. The van der Waals surface area contributed by atoms with Crippen molar-refractivity contribution in [3.05, 3.63) is 53.9 Å². The Bertz CT molecular complexity index is 1080. The van der Waals surface area contributed by atoms with Gasteiger partial charge in [-0.25, -0.2) is 4.79 Å². The average Bonchev–Trinajstić information content (AvgIpc) is 3.33. The van der Waals surface area contributed by atoms with Crippen LogP contribution in [0.1, 0.15) is 34.7 Å². The van der Waals surface area contributed by atoms with Gasteiger partial charge in [0.25, 0.3) is 5.91 Å². The first kappa shape index (κ1) is 21.5. The number of benzene rings is 1. The van der Waals surface area contributed by atoms with E-state index in [2.05, 4.69) is 15.7 Å². The highest BCUT2D eigenvalue weighted by atomic mass is 32.1. The van der Waals surface area contributed by atoms with E-state index in [4.69, 9.17) is 22.7 Å². The Morgan fingerprint density at radius 3 is 2.60 bits per heavy atom. The lowest BCUT2D eigenvalue weighted by Crippen LogP contribution is -2.23. The van der Waals surface area contributed by atoms with Crippen LogP contribution in [0.25, 0.3) is 10.4 Å². The summed E-state index contributed by atoms with van der Waals surface area (Å²) in [5.41, 5.74) is 7.43. The highest BCUT2D eigenvalue weighted by Gasteiger charge is 2.20. The summed E-state index contributed by atoms with van der Waals surface area (Å²) in [6.07, 6.45) is 1.48. The second-order valence-corrected chi connectivity index (χ2v) is 7.57. The first-order valence-corrected chi connectivity index (χ1v) is 10.5. The SMILES string of the molecule is CCOC(=O)c1cc(-c2ccccc2)sc1NC(=S)Nc1cnn(CC)c1C(N)=O.